The Morgan fingerprint density at radius 1 is 1.05 bits per heavy atom. The van der Waals surface area contributed by atoms with Crippen LogP contribution in [0, 0.1) is 5.41 Å². The van der Waals surface area contributed by atoms with Crippen LogP contribution < -0.4 is 10.1 Å². The highest BCUT2D eigenvalue weighted by Crippen LogP contribution is 2.53. The van der Waals surface area contributed by atoms with Crippen molar-refractivity contribution in [1.29, 1.82) is 0 Å². The van der Waals surface area contributed by atoms with Crippen LogP contribution in [0.3, 0.4) is 0 Å². The summed E-state index contributed by atoms with van der Waals surface area (Å²) in [6.45, 7) is 4.86. The van der Waals surface area contributed by atoms with Gasteiger partial charge in [-0.1, -0.05) is 48.0 Å². The van der Waals surface area contributed by atoms with E-state index in [-0.39, 0.29) is 29.6 Å². The minimum absolute atomic E-state index is 0.120. The zero-order chi connectivity index (χ0) is 26.0. The first-order valence-corrected chi connectivity index (χ1v) is 14.3. The lowest BCUT2D eigenvalue weighted by atomic mass is 9.85. The first-order valence-electron chi connectivity index (χ1n) is 14.3. The van der Waals surface area contributed by atoms with Crippen molar-refractivity contribution in [2.45, 2.75) is 63.2 Å². The number of likely N-dealkylation sites (tertiary alicyclic amines) is 1. The van der Waals surface area contributed by atoms with E-state index in [0.717, 1.165) is 54.7 Å². The van der Waals surface area contributed by atoms with Crippen LogP contribution in [0.25, 0.3) is 11.1 Å². The lowest BCUT2D eigenvalue weighted by Crippen LogP contribution is -2.41. The molecule has 6 nitrogen and oxygen atoms in total. The molecule has 2 aromatic carbocycles. The molecule has 1 saturated carbocycles. The van der Waals surface area contributed by atoms with E-state index in [0.29, 0.717) is 19.6 Å². The van der Waals surface area contributed by atoms with E-state index >= 15 is 0 Å². The number of benzene rings is 2. The molecule has 0 spiro atoms. The first-order chi connectivity index (χ1) is 18.6. The van der Waals surface area contributed by atoms with Crippen LogP contribution >= 0.6 is 0 Å². The van der Waals surface area contributed by atoms with Crippen molar-refractivity contribution in [3.05, 3.63) is 65.7 Å². The number of nitrogens with one attached hydrogen (secondary N) is 1. The van der Waals surface area contributed by atoms with Crippen LogP contribution in [0.4, 0.5) is 0 Å². The largest absolute Gasteiger partial charge is 0.497 e. The van der Waals surface area contributed by atoms with Gasteiger partial charge < -0.3 is 24.4 Å². The van der Waals surface area contributed by atoms with Gasteiger partial charge in [0.25, 0.3) is 0 Å². The molecule has 4 atom stereocenters. The summed E-state index contributed by atoms with van der Waals surface area (Å²) in [6, 6.07) is 16.6. The Balaban J connectivity index is 1.08. The molecule has 2 aliphatic heterocycles. The number of amides is 1. The molecule has 6 rings (SSSR count). The van der Waals surface area contributed by atoms with Crippen molar-refractivity contribution < 1.29 is 19.0 Å². The molecule has 2 heterocycles. The minimum atomic E-state index is 0.120. The Kier molecular flexibility index (Phi) is 7.55. The van der Waals surface area contributed by atoms with Crippen LogP contribution in [-0.2, 0) is 20.7 Å². The number of ether oxygens (including phenoxy) is 3. The van der Waals surface area contributed by atoms with E-state index < -0.39 is 0 Å². The van der Waals surface area contributed by atoms with E-state index in [1.165, 1.54) is 31.5 Å². The monoisotopic (exact) mass is 516 g/mol. The van der Waals surface area contributed by atoms with E-state index in [1.54, 1.807) is 7.11 Å². The Morgan fingerprint density at radius 3 is 2.63 bits per heavy atom. The lowest BCUT2D eigenvalue weighted by Gasteiger charge is -2.36. The first kappa shape index (κ1) is 25.6. The molecule has 202 valence electrons. The fraction of sp³-hybridized carbons (Fsp3) is 0.531. The normalized spacial score (nSPS) is 28.9. The molecule has 6 heteroatoms. The predicted molar refractivity (Wildman–Crippen MR) is 148 cm³/mol. The molecule has 38 heavy (non-hydrogen) atoms. The van der Waals surface area contributed by atoms with Crippen molar-refractivity contribution in [1.82, 2.24) is 10.2 Å². The number of carbonyl (C=O) groups excluding carboxylic acids is 1. The van der Waals surface area contributed by atoms with Gasteiger partial charge in [0.2, 0.25) is 5.91 Å². The maximum absolute atomic E-state index is 13.1. The molecule has 0 aromatic heterocycles. The number of hydrogen-bond donors (Lipinski definition) is 1. The van der Waals surface area contributed by atoms with Crippen LogP contribution in [0.15, 0.2) is 60.2 Å². The molecule has 1 amide bonds. The second-order valence-corrected chi connectivity index (χ2v) is 11.6. The Hall–Kier alpha value is -2.67. The number of carbonyl (C=O) groups is 1. The van der Waals surface area contributed by atoms with Gasteiger partial charge in [0.15, 0.2) is 0 Å². The summed E-state index contributed by atoms with van der Waals surface area (Å²) in [7, 11) is 1.68. The van der Waals surface area contributed by atoms with Gasteiger partial charge in [-0.3, -0.25) is 4.79 Å². The standard InChI is InChI=1S/C32H40N2O4/c1-36-27-6-4-5-26(19-27)25-10-7-23(8-11-25)18-31(35)33-30-21-32(30,22-34-13-2-3-14-34)20-24-9-12-28-29(17-24)38-16-15-37-28/h4-11,19,28-30H,2-3,12-18,20-22H2,1H3,(H,33,35)/t28?,29?,30?,32-/m1/s1. The maximum Gasteiger partial charge on any atom is 0.224 e. The second-order valence-electron chi connectivity index (χ2n) is 11.6. The van der Waals surface area contributed by atoms with Crippen molar-refractivity contribution in [3.63, 3.8) is 0 Å². The summed E-state index contributed by atoms with van der Waals surface area (Å²) < 4.78 is 17.3. The van der Waals surface area contributed by atoms with Gasteiger partial charge in [0.05, 0.1) is 39.0 Å². The van der Waals surface area contributed by atoms with Crippen molar-refractivity contribution in [3.8, 4) is 16.9 Å². The number of rotatable bonds is 9. The summed E-state index contributed by atoms with van der Waals surface area (Å²) in [5.41, 5.74) is 4.90. The fourth-order valence-electron chi connectivity index (χ4n) is 6.66. The van der Waals surface area contributed by atoms with Crippen molar-refractivity contribution in [2.24, 2.45) is 5.41 Å². The zero-order valence-electron chi connectivity index (χ0n) is 22.5. The Labute approximate surface area is 226 Å². The maximum atomic E-state index is 13.1. The molecule has 1 N–H and O–H groups in total. The highest BCUT2D eigenvalue weighted by Gasteiger charge is 2.56. The SMILES string of the molecule is COc1cccc(-c2ccc(CC(=O)NC3C[C@]3(CC3=CCC4OCCOC4C3)CN3CCCC3)cc2)c1. The summed E-state index contributed by atoms with van der Waals surface area (Å²) in [5.74, 6) is 0.963. The molecule has 2 saturated heterocycles. The minimum Gasteiger partial charge on any atom is -0.497 e. The van der Waals surface area contributed by atoms with E-state index in [1.807, 2.05) is 18.2 Å². The Bertz CT molecular complexity index is 1160. The van der Waals surface area contributed by atoms with Gasteiger partial charge in [-0.2, -0.15) is 0 Å². The van der Waals surface area contributed by atoms with Crippen LogP contribution in [-0.4, -0.2) is 69.0 Å². The van der Waals surface area contributed by atoms with Crippen molar-refractivity contribution in [2.75, 3.05) is 40.0 Å². The molecular weight excluding hydrogens is 476 g/mol. The Morgan fingerprint density at radius 2 is 1.84 bits per heavy atom. The van der Waals surface area contributed by atoms with E-state index in [2.05, 4.69) is 46.6 Å². The van der Waals surface area contributed by atoms with E-state index in [9.17, 15) is 4.79 Å². The van der Waals surface area contributed by atoms with Crippen LogP contribution in [0.2, 0.25) is 0 Å². The van der Waals surface area contributed by atoms with Gasteiger partial charge in [0, 0.05) is 18.0 Å². The van der Waals surface area contributed by atoms with Gasteiger partial charge in [-0.15, -0.1) is 0 Å². The fourth-order valence-corrected chi connectivity index (χ4v) is 6.66. The summed E-state index contributed by atoms with van der Waals surface area (Å²) in [5, 5.41) is 3.41. The molecule has 0 radical (unpaired) electrons. The molecule has 0 bridgehead atoms. The van der Waals surface area contributed by atoms with Gasteiger partial charge in [0.1, 0.15) is 5.75 Å². The quantitative estimate of drug-likeness (QED) is 0.487. The highest BCUT2D eigenvalue weighted by atomic mass is 16.6. The number of fused-ring (bicyclic) bond motifs is 1. The molecule has 3 unspecified atom stereocenters. The molecule has 2 aromatic rings. The highest BCUT2D eigenvalue weighted by molar-refractivity contribution is 5.79. The van der Waals surface area contributed by atoms with E-state index in [4.69, 9.17) is 14.2 Å². The van der Waals surface area contributed by atoms with Gasteiger partial charge in [-0.05, 0) is 80.4 Å². The van der Waals surface area contributed by atoms with Gasteiger partial charge in [-0.25, -0.2) is 0 Å². The third-order valence-electron chi connectivity index (χ3n) is 8.83. The number of hydrogen-bond acceptors (Lipinski definition) is 5. The zero-order valence-corrected chi connectivity index (χ0v) is 22.5. The molecular formula is C32H40N2O4. The number of methoxy groups -OCH3 is 1. The summed E-state index contributed by atoms with van der Waals surface area (Å²) >= 11 is 0. The third kappa shape index (κ3) is 5.83. The lowest BCUT2D eigenvalue weighted by molar-refractivity contribution is -0.140. The summed E-state index contributed by atoms with van der Waals surface area (Å²) in [4.78, 5) is 15.7. The van der Waals surface area contributed by atoms with Gasteiger partial charge >= 0.3 is 0 Å². The topological polar surface area (TPSA) is 60.0 Å². The van der Waals surface area contributed by atoms with Crippen molar-refractivity contribution >= 4 is 5.91 Å². The van der Waals surface area contributed by atoms with Crippen LogP contribution in [0.1, 0.15) is 44.1 Å². The predicted octanol–water partition coefficient (Wildman–Crippen LogP) is 4.77. The average Bonchev–Trinajstić information content (AvgIpc) is 3.32. The molecule has 3 fully saturated rings. The summed E-state index contributed by atoms with van der Waals surface area (Å²) in [6.07, 6.45) is 9.81. The molecule has 4 aliphatic rings. The smallest absolute Gasteiger partial charge is 0.224 e. The average molecular weight is 517 g/mol. The molecule has 2 aliphatic carbocycles. The second kappa shape index (κ2) is 11.2. The number of nitrogens with zero attached hydrogens (tertiary/aromatic N) is 1. The third-order valence-corrected chi connectivity index (χ3v) is 8.83. The van der Waals surface area contributed by atoms with Crippen LogP contribution in [0.5, 0.6) is 5.75 Å².